The van der Waals surface area contributed by atoms with Gasteiger partial charge in [-0.3, -0.25) is 4.79 Å². The lowest BCUT2D eigenvalue weighted by molar-refractivity contribution is 0.102. The largest absolute Gasteiger partial charge is 0.320 e. The van der Waals surface area contributed by atoms with Gasteiger partial charge in [0.05, 0.1) is 5.69 Å². The minimum atomic E-state index is -0.377. The fourth-order valence-corrected chi connectivity index (χ4v) is 2.12. The molecule has 0 spiro atoms. The number of rotatable bonds is 2. The molecule has 0 aliphatic rings. The van der Waals surface area contributed by atoms with Crippen LogP contribution in [0.25, 0.3) is 5.78 Å². The predicted octanol–water partition coefficient (Wildman–Crippen LogP) is 2.04. The molecule has 106 valence electrons. The Balaban J connectivity index is 1.96. The summed E-state index contributed by atoms with van der Waals surface area (Å²) in [4.78, 5) is 16.4. The Kier molecular flexibility index (Phi) is 3.26. The summed E-state index contributed by atoms with van der Waals surface area (Å²) in [6.45, 7) is 3.49. The Bertz CT molecular complexity index is 844. The molecular formula is C13H11ClN6O. The number of hydrogen-bond acceptors (Lipinski definition) is 5. The molecular weight excluding hydrogens is 292 g/mol. The van der Waals surface area contributed by atoms with Gasteiger partial charge < -0.3 is 5.32 Å². The second kappa shape index (κ2) is 5.10. The lowest BCUT2D eigenvalue weighted by atomic mass is 10.3. The Morgan fingerprint density at radius 2 is 2.10 bits per heavy atom. The number of amides is 1. The molecule has 0 aliphatic heterocycles. The van der Waals surface area contributed by atoms with E-state index in [4.69, 9.17) is 11.6 Å². The third-order valence-corrected chi connectivity index (χ3v) is 3.13. The van der Waals surface area contributed by atoms with Gasteiger partial charge in [0.25, 0.3) is 11.7 Å². The van der Waals surface area contributed by atoms with Gasteiger partial charge in [-0.15, -0.1) is 15.3 Å². The third-order valence-electron chi connectivity index (χ3n) is 2.89. The average molecular weight is 303 g/mol. The van der Waals surface area contributed by atoms with Crippen molar-refractivity contribution < 1.29 is 4.79 Å². The molecule has 1 N–H and O–H groups in total. The molecule has 7 nitrogen and oxygen atoms in total. The van der Waals surface area contributed by atoms with Crippen LogP contribution in [0.15, 0.2) is 24.3 Å². The van der Waals surface area contributed by atoms with Crippen molar-refractivity contribution in [2.75, 3.05) is 5.32 Å². The van der Waals surface area contributed by atoms with E-state index in [1.807, 2.05) is 0 Å². The molecule has 0 aliphatic carbocycles. The number of halogens is 1. The Morgan fingerprint density at radius 1 is 1.29 bits per heavy atom. The van der Waals surface area contributed by atoms with Gasteiger partial charge in [-0.25, -0.2) is 0 Å². The minimum Gasteiger partial charge on any atom is -0.320 e. The van der Waals surface area contributed by atoms with Gasteiger partial charge in [0.2, 0.25) is 0 Å². The topological polar surface area (TPSA) is 85.1 Å². The van der Waals surface area contributed by atoms with E-state index in [1.165, 1.54) is 4.52 Å². The highest BCUT2D eigenvalue weighted by Gasteiger charge is 2.16. The van der Waals surface area contributed by atoms with Crippen LogP contribution in [0.4, 0.5) is 5.69 Å². The summed E-state index contributed by atoms with van der Waals surface area (Å²) in [5.41, 5.74) is 1.34. The van der Waals surface area contributed by atoms with Crippen molar-refractivity contribution in [1.82, 2.24) is 24.8 Å². The molecule has 1 aromatic carbocycles. The van der Waals surface area contributed by atoms with Crippen molar-refractivity contribution in [3.8, 4) is 0 Å². The van der Waals surface area contributed by atoms with Crippen LogP contribution >= 0.6 is 11.6 Å². The fourth-order valence-electron chi connectivity index (χ4n) is 1.93. The number of anilines is 1. The van der Waals surface area contributed by atoms with Gasteiger partial charge in [0.1, 0.15) is 5.82 Å². The van der Waals surface area contributed by atoms with E-state index in [-0.39, 0.29) is 11.6 Å². The van der Waals surface area contributed by atoms with E-state index in [9.17, 15) is 4.79 Å². The highest BCUT2D eigenvalue weighted by atomic mass is 35.5. The van der Waals surface area contributed by atoms with Crippen LogP contribution in [-0.2, 0) is 0 Å². The number of aryl methyl sites for hydroxylation is 2. The number of aromatic nitrogens is 5. The average Bonchev–Trinajstić information content (AvgIpc) is 2.80. The quantitative estimate of drug-likeness (QED) is 0.783. The zero-order valence-electron chi connectivity index (χ0n) is 11.3. The van der Waals surface area contributed by atoms with Gasteiger partial charge >= 0.3 is 0 Å². The van der Waals surface area contributed by atoms with Gasteiger partial charge in [-0.2, -0.15) is 9.50 Å². The van der Waals surface area contributed by atoms with E-state index in [0.29, 0.717) is 28.0 Å². The molecule has 2 aromatic heterocycles. The summed E-state index contributed by atoms with van der Waals surface area (Å²) in [7, 11) is 0. The number of hydrogen-bond donors (Lipinski definition) is 1. The van der Waals surface area contributed by atoms with E-state index in [1.54, 1.807) is 38.1 Å². The number of carbonyl (C=O) groups excluding carboxylic acids is 1. The van der Waals surface area contributed by atoms with Crippen molar-refractivity contribution in [1.29, 1.82) is 0 Å². The minimum absolute atomic E-state index is 0.187. The summed E-state index contributed by atoms with van der Waals surface area (Å²) >= 11 is 5.88. The third kappa shape index (κ3) is 2.55. The Labute approximate surface area is 125 Å². The monoisotopic (exact) mass is 302 g/mol. The zero-order valence-corrected chi connectivity index (χ0v) is 12.1. The lowest BCUT2D eigenvalue weighted by Crippen LogP contribution is -2.18. The highest BCUT2D eigenvalue weighted by molar-refractivity contribution is 6.30. The number of nitrogens with one attached hydrogen (secondary N) is 1. The van der Waals surface area contributed by atoms with Crippen LogP contribution in [0.1, 0.15) is 22.0 Å². The number of nitrogens with zero attached hydrogens (tertiary/aromatic N) is 5. The second-order valence-electron chi connectivity index (χ2n) is 4.47. The van der Waals surface area contributed by atoms with Crippen molar-refractivity contribution in [2.24, 2.45) is 0 Å². The molecule has 0 radical (unpaired) electrons. The maximum atomic E-state index is 12.3. The number of fused-ring (bicyclic) bond motifs is 1. The summed E-state index contributed by atoms with van der Waals surface area (Å²) < 4.78 is 1.50. The van der Waals surface area contributed by atoms with E-state index >= 15 is 0 Å². The van der Waals surface area contributed by atoms with Crippen LogP contribution in [0.2, 0.25) is 5.02 Å². The van der Waals surface area contributed by atoms with Crippen molar-refractivity contribution in [2.45, 2.75) is 13.8 Å². The second-order valence-corrected chi connectivity index (χ2v) is 4.91. The fraction of sp³-hybridized carbons (Fsp3) is 0.154. The van der Waals surface area contributed by atoms with Crippen LogP contribution < -0.4 is 5.32 Å². The van der Waals surface area contributed by atoms with Gasteiger partial charge in [-0.05, 0) is 32.0 Å². The van der Waals surface area contributed by atoms with Crippen LogP contribution in [0.3, 0.4) is 0 Å². The molecule has 3 aromatic rings. The molecule has 21 heavy (non-hydrogen) atoms. The van der Waals surface area contributed by atoms with E-state index in [2.05, 4.69) is 25.6 Å². The molecule has 0 saturated heterocycles. The first-order chi connectivity index (χ1) is 10.0. The normalized spacial score (nSPS) is 10.8. The van der Waals surface area contributed by atoms with Gasteiger partial charge in [0, 0.05) is 10.7 Å². The molecule has 0 saturated carbocycles. The number of benzene rings is 1. The standard InChI is InChI=1S/C13H11ClN6O/c1-7-11(17-18-13-15-8(2)19-20(7)13)12(21)16-10-5-3-4-9(14)6-10/h3-6H,1-2H3,(H,16,21). The molecule has 0 unspecified atom stereocenters. The first-order valence-electron chi connectivity index (χ1n) is 6.18. The number of carbonyl (C=O) groups is 1. The smallest absolute Gasteiger partial charge is 0.278 e. The maximum absolute atomic E-state index is 12.3. The predicted molar refractivity (Wildman–Crippen MR) is 77.5 cm³/mol. The van der Waals surface area contributed by atoms with E-state index in [0.717, 1.165) is 0 Å². The molecule has 3 rings (SSSR count). The zero-order chi connectivity index (χ0) is 15.0. The van der Waals surface area contributed by atoms with Crippen molar-refractivity contribution in [3.05, 3.63) is 46.5 Å². The van der Waals surface area contributed by atoms with Crippen LogP contribution in [-0.4, -0.2) is 30.7 Å². The van der Waals surface area contributed by atoms with Crippen molar-refractivity contribution in [3.63, 3.8) is 0 Å². The lowest BCUT2D eigenvalue weighted by Gasteiger charge is -2.07. The molecule has 1 amide bonds. The Morgan fingerprint density at radius 3 is 2.86 bits per heavy atom. The van der Waals surface area contributed by atoms with Gasteiger partial charge in [-0.1, -0.05) is 17.7 Å². The molecule has 8 heteroatoms. The SMILES string of the molecule is Cc1nc2nnc(C(=O)Nc3cccc(Cl)c3)c(C)n2n1. The summed E-state index contributed by atoms with van der Waals surface area (Å²) in [6.07, 6.45) is 0. The summed E-state index contributed by atoms with van der Waals surface area (Å²) in [5.74, 6) is 0.557. The van der Waals surface area contributed by atoms with Gasteiger partial charge in [0.15, 0.2) is 5.69 Å². The van der Waals surface area contributed by atoms with E-state index < -0.39 is 0 Å². The summed E-state index contributed by atoms with van der Waals surface area (Å²) in [6, 6.07) is 6.87. The highest BCUT2D eigenvalue weighted by Crippen LogP contribution is 2.16. The molecule has 0 fully saturated rings. The first kappa shape index (κ1) is 13.4. The Hall–Kier alpha value is -2.54. The maximum Gasteiger partial charge on any atom is 0.278 e. The van der Waals surface area contributed by atoms with Crippen LogP contribution in [0, 0.1) is 13.8 Å². The van der Waals surface area contributed by atoms with Crippen molar-refractivity contribution >= 4 is 29.0 Å². The van der Waals surface area contributed by atoms with Crippen LogP contribution in [0.5, 0.6) is 0 Å². The summed E-state index contributed by atoms with van der Waals surface area (Å²) in [5, 5.41) is 15.3. The molecule has 0 atom stereocenters. The first-order valence-corrected chi connectivity index (χ1v) is 6.56. The molecule has 2 heterocycles. The molecule has 0 bridgehead atoms.